The maximum absolute atomic E-state index is 12.0. The molecule has 0 bridgehead atoms. The first-order chi connectivity index (χ1) is 9.58. The summed E-state index contributed by atoms with van der Waals surface area (Å²) in [5, 5.41) is 0. The van der Waals surface area contributed by atoms with Crippen molar-refractivity contribution in [2.75, 3.05) is 0 Å². The zero-order chi connectivity index (χ0) is 14.5. The van der Waals surface area contributed by atoms with Gasteiger partial charge in [0.1, 0.15) is 0 Å². The summed E-state index contributed by atoms with van der Waals surface area (Å²) in [5.74, 6) is -0.280. The van der Waals surface area contributed by atoms with Gasteiger partial charge in [0.05, 0.1) is 0 Å². The molecule has 0 radical (unpaired) electrons. The standard InChI is InChI=1S/C16H22N2O2/c1-11-8-9-14(12(2)10-11)16(20)18-17-15(19)13-6-4-3-5-7-13/h8-10,13H,3-7H2,1-2H3,(H,17,19)(H,18,20). The number of hydrazine groups is 1. The molecule has 1 saturated carbocycles. The van der Waals surface area contributed by atoms with Crippen LogP contribution in [0.1, 0.15) is 53.6 Å². The second-order valence-corrected chi connectivity index (χ2v) is 5.60. The number of nitrogens with one attached hydrogen (secondary N) is 2. The van der Waals surface area contributed by atoms with Crippen LogP contribution in [0, 0.1) is 19.8 Å². The molecule has 0 atom stereocenters. The van der Waals surface area contributed by atoms with Crippen LogP contribution in [0.25, 0.3) is 0 Å². The summed E-state index contributed by atoms with van der Waals surface area (Å²) in [4.78, 5) is 24.0. The van der Waals surface area contributed by atoms with E-state index in [0.717, 1.165) is 36.8 Å². The minimum Gasteiger partial charge on any atom is -0.273 e. The number of carbonyl (C=O) groups excluding carboxylic acids is 2. The molecule has 2 N–H and O–H groups in total. The zero-order valence-electron chi connectivity index (χ0n) is 12.2. The third-order valence-electron chi connectivity index (χ3n) is 3.90. The van der Waals surface area contributed by atoms with Crippen molar-refractivity contribution < 1.29 is 9.59 Å². The molecule has 0 aliphatic heterocycles. The van der Waals surface area contributed by atoms with Crippen LogP contribution in [0.3, 0.4) is 0 Å². The molecule has 4 nitrogen and oxygen atoms in total. The SMILES string of the molecule is Cc1ccc(C(=O)NNC(=O)C2CCCCC2)c(C)c1. The molecular formula is C16H22N2O2. The average molecular weight is 274 g/mol. The lowest BCUT2D eigenvalue weighted by Crippen LogP contribution is -2.45. The van der Waals surface area contributed by atoms with Gasteiger partial charge >= 0.3 is 0 Å². The Balaban J connectivity index is 1.89. The Kier molecular flexibility index (Phi) is 4.77. The minimum absolute atomic E-state index is 0.0446. The highest BCUT2D eigenvalue weighted by Gasteiger charge is 2.21. The highest BCUT2D eigenvalue weighted by atomic mass is 16.2. The van der Waals surface area contributed by atoms with Gasteiger partial charge < -0.3 is 0 Å². The Hall–Kier alpha value is -1.84. The number of amides is 2. The van der Waals surface area contributed by atoms with Gasteiger partial charge in [0.25, 0.3) is 5.91 Å². The van der Waals surface area contributed by atoms with Gasteiger partial charge in [-0.1, -0.05) is 37.0 Å². The molecule has 0 heterocycles. The van der Waals surface area contributed by atoms with Crippen molar-refractivity contribution in [1.29, 1.82) is 0 Å². The van der Waals surface area contributed by atoms with Crippen molar-refractivity contribution in [3.8, 4) is 0 Å². The lowest BCUT2D eigenvalue weighted by Gasteiger charge is -2.20. The van der Waals surface area contributed by atoms with E-state index in [2.05, 4.69) is 10.9 Å². The second-order valence-electron chi connectivity index (χ2n) is 5.60. The maximum Gasteiger partial charge on any atom is 0.269 e. The summed E-state index contributed by atoms with van der Waals surface area (Å²) in [7, 11) is 0. The van der Waals surface area contributed by atoms with Gasteiger partial charge in [0.15, 0.2) is 0 Å². The van der Waals surface area contributed by atoms with E-state index in [1.54, 1.807) is 6.07 Å². The Labute approximate surface area is 119 Å². The number of aryl methyl sites for hydroxylation is 2. The van der Waals surface area contributed by atoms with Gasteiger partial charge in [-0.25, -0.2) is 0 Å². The van der Waals surface area contributed by atoms with E-state index in [4.69, 9.17) is 0 Å². The molecule has 1 aromatic carbocycles. The monoisotopic (exact) mass is 274 g/mol. The quantitative estimate of drug-likeness (QED) is 0.815. The van der Waals surface area contributed by atoms with E-state index in [1.807, 2.05) is 26.0 Å². The molecule has 0 saturated heterocycles. The molecule has 4 heteroatoms. The lowest BCUT2D eigenvalue weighted by molar-refractivity contribution is -0.126. The summed E-state index contributed by atoms with van der Waals surface area (Å²) in [6.45, 7) is 3.88. The molecule has 2 rings (SSSR count). The van der Waals surface area contributed by atoms with Gasteiger partial charge in [-0.2, -0.15) is 0 Å². The lowest BCUT2D eigenvalue weighted by atomic mass is 9.89. The van der Waals surface area contributed by atoms with Crippen molar-refractivity contribution in [2.45, 2.75) is 46.0 Å². The molecular weight excluding hydrogens is 252 g/mol. The fourth-order valence-corrected chi connectivity index (χ4v) is 2.72. The van der Waals surface area contributed by atoms with Gasteiger partial charge in [-0.3, -0.25) is 20.4 Å². The first-order valence-corrected chi connectivity index (χ1v) is 7.25. The average Bonchev–Trinajstić information content (AvgIpc) is 2.45. The van der Waals surface area contributed by atoms with E-state index in [0.29, 0.717) is 5.56 Å². The molecule has 0 aromatic heterocycles. The van der Waals surface area contributed by atoms with Gasteiger partial charge in [-0.05, 0) is 38.3 Å². The molecule has 1 aliphatic rings. The molecule has 1 aliphatic carbocycles. The van der Waals surface area contributed by atoms with E-state index >= 15 is 0 Å². The minimum atomic E-state index is -0.258. The molecule has 1 aromatic rings. The first-order valence-electron chi connectivity index (χ1n) is 7.25. The Bertz CT molecular complexity index is 505. The van der Waals surface area contributed by atoms with Crippen LogP contribution in [0.15, 0.2) is 18.2 Å². The second kappa shape index (κ2) is 6.55. The van der Waals surface area contributed by atoms with E-state index in [9.17, 15) is 9.59 Å². The van der Waals surface area contributed by atoms with E-state index in [1.165, 1.54) is 6.42 Å². The van der Waals surface area contributed by atoms with Crippen molar-refractivity contribution in [1.82, 2.24) is 10.9 Å². The number of rotatable bonds is 2. The largest absolute Gasteiger partial charge is 0.273 e. The van der Waals surface area contributed by atoms with Crippen LogP contribution in [0.5, 0.6) is 0 Å². The van der Waals surface area contributed by atoms with Gasteiger partial charge in [-0.15, -0.1) is 0 Å². The van der Waals surface area contributed by atoms with Crippen LogP contribution in [0.2, 0.25) is 0 Å². The first kappa shape index (κ1) is 14.6. The molecule has 20 heavy (non-hydrogen) atoms. The van der Waals surface area contributed by atoms with E-state index < -0.39 is 0 Å². The maximum atomic E-state index is 12.0. The topological polar surface area (TPSA) is 58.2 Å². The van der Waals surface area contributed by atoms with E-state index in [-0.39, 0.29) is 17.7 Å². The van der Waals surface area contributed by atoms with Crippen LogP contribution in [-0.2, 0) is 4.79 Å². The number of benzene rings is 1. The number of hydrogen-bond donors (Lipinski definition) is 2. The molecule has 2 amide bonds. The summed E-state index contributed by atoms with van der Waals surface area (Å²) in [6.07, 6.45) is 5.25. The molecule has 0 unspecified atom stereocenters. The smallest absolute Gasteiger partial charge is 0.269 e. The fraction of sp³-hybridized carbons (Fsp3) is 0.500. The Morgan fingerprint density at radius 3 is 2.40 bits per heavy atom. The summed E-state index contributed by atoms with van der Waals surface area (Å²) < 4.78 is 0. The molecule has 108 valence electrons. The van der Waals surface area contributed by atoms with Crippen LogP contribution in [0.4, 0.5) is 0 Å². The summed E-state index contributed by atoms with van der Waals surface area (Å²) in [6, 6.07) is 5.63. The zero-order valence-corrected chi connectivity index (χ0v) is 12.2. The third kappa shape index (κ3) is 3.59. The fourth-order valence-electron chi connectivity index (χ4n) is 2.72. The van der Waals surface area contributed by atoms with Crippen molar-refractivity contribution >= 4 is 11.8 Å². The Morgan fingerprint density at radius 1 is 1.05 bits per heavy atom. The molecule has 1 fully saturated rings. The van der Waals surface area contributed by atoms with Crippen molar-refractivity contribution in [3.63, 3.8) is 0 Å². The normalized spacial score (nSPS) is 15.7. The predicted octanol–water partition coefficient (Wildman–Crippen LogP) is 2.64. The van der Waals surface area contributed by atoms with Gasteiger partial charge in [0.2, 0.25) is 5.91 Å². The van der Waals surface area contributed by atoms with Crippen molar-refractivity contribution in [3.05, 3.63) is 34.9 Å². The highest BCUT2D eigenvalue weighted by molar-refractivity contribution is 5.96. The van der Waals surface area contributed by atoms with Gasteiger partial charge in [0, 0.05) is 11.5 Å². The number of carbonyl (C=O) groups is 2. The summed E-state index contributed by atoms with van der Waals surface area (Å²) in [5.41, 5.74) is 7.70. The van der Waals surface area contributed by atoms with Crippen LogP contribution < -0.4 is 10.9 Å². The highest BCUT2D eigenvalue weighted by Crippen LogP contribution is 2.23. The van der Waals surface area contributed by atoms with Crippen molar-refractivity contribution in [2.24, 2.45) is 5.92 Å². The summed E-state index contributed by atoms with van der Waals surface area (Å²) >= 11 is 0. The third-order valence-corrected chi connectivity index (χ3v) is 3.90. The number of hydrogen-bond acceptors (Lipinski definition) is 2. The predicted molar refractivity (Wildman–Crippen MR) is 78.1 cm³/mol. The van der Waals surface area contributed by atoms with Crippen LogP contribution >= 0.6 is 0 Å². The van der Waals surface area contributed by atoms with Crippen LogP contribution in [-0.4, -0.2) is 11.8 Å². The Morgan fingerprint density at radius 2 is 1.75 bits per heavy atom. The molecule has 0 spiro atoms.